The average Bonchev–Trinajstić information content (AvgIpc) is 2.73. The lowest BCUT2D eigenvalue weighted by Gasteiger charge is -2.18. The molecular formula is C11H14N2O8P+. The van der Waals surface area contributed by atoms with E-state index >= 15 is 0 Å². The van der Waals surface area contributed by atoms with Gasteiger partial charge < -0.3 is 14.9 Å². The summed E-state index contributed by atoms with van der Waals surface area (Å²) in [6.45, 7) is 2.91. The molecule has 1 aliphatic heterocycles. The number of aliphatic hydroxyl groups is 2. The fourth-order valence-corrected chi connectivity index (χ4v) is 2.57. The first-order valence-electron chi connectivity index (χ1n) is 6.13. The molecule has 4 N–H and O–H groups in total. The van der Waals surface area contributed by atoms with Crippen LogP contribution in [0.25, 0.3) is 0 Å². The molecule has 2 heterocycles. The zero-order valence-electron chi connectivity index (χ0n) is 11.2. The zero-order chi connectivity index (χ0) is 16.4. The molecular weight excluding hydrogens is 319 g/mol. The van der Waals surface area contributed by atoms with Crippen molar-refractivity contribution < 1.29 is 28.9 Å². The predicted molar refractivity (Wildman–Crippen MR) is 72.3 cm³/mol. The number of H-pyrrole nitrogens is 1. The summed E-state index contributed by atoms with van der Waals surface area (Å²) in [5.74, 6) is -1.45. The van der Waals surface area contributed by atoms with E-state index in [0.717, 1.165) is 16.8 Å². The van der Waals surface area contributed by atoms with Gasteiger partial charge in [-0.05, 0) is 0 Å². The minimum Gasteiger partial charge on any atom is -0.512 e. The van der Waals surface area contributed by atoms with E-state index in [1.807, 2.05) is 4.98 Å². The van der Waals surface area contributed by atoms with Crippen molar-refractivity contribution in [2.45, 2.75) is 18.4 Å². The Morgan fingerprint density at radius 3 is 2.77 bits per heavy atom. The van der Waals surface area contributed by atoms with Crippen LogP contribution in [0.3, 0.4) is 0 Å². The van der Waals surface area contributed by atoms with Gasteiger partial charge >= 0.3 is 13.9 Å². The number of hydrogen-bond donors (Lipinski definition) is 4. The summed E-state index contributed by atoms with van der Waals surface area (Å²) in [6.07, 6.45) is -2.46. The number of aromatic nitrogens is 2. The number of aliphatic hydroxyl groups excluding tert-OH is 2. The molecule has 1 aromatic heterocycles. The summed E-state index contributed by atoms with van der Waals surface area (Å²) in [5.41, 5.74) is -1.43. The van der Waals surface area contributed by atoms with Crippen molar-refractivity contribution in [3.05, 3.63) is 45.4 Å². The lowest BCUT2D eigenvalue weighted by molar-refractivity contribution is -0.0507. The Balaban J connectivity index is 2.30. The van der Waals surface area contributed by atoms with Crippen LogP contribution < -0.4 is 11.2 Å². The first-order chi connectivity index (χ1) is 10.3. The highest BCUT2D eigenvalue weighted by molar-refractivity contribution is 7.32. The highest BCUT2D eigenvalue weighted by Crippen LogP contribution is 2.37. The third-order valence-electron chi connectivity index (χ3n) is 3.23. The van der Waals surface area contributed by atoms with Crippen LogP contribution in [0.4, 0.5) is 0 Å². The highest BCUT2D eigenvalue weighted by atomic mass is 31.1. The van der Waals surface area contributed by atoms with Crippen molar-refractivity contribution in [3.63, 3.8) is 0 Å². The van der Waals surface area contributed by atoms with E-state index in [1.165, 1.54) is 0 Å². The van der Waals surface area contributed by atoms with Gasteiger partial charge in [0.1, 0.15) is 18.8 Å². The van der Waals surface area contributed by atoms with Crippen LogP contribution >= 0.6 is 8.25 Å². The molecule has 1 saturated heterocycles. The van der Waals surface area contributed by atoms with Gasteiger partial charge in [0.25, 0.3) is 5.56 Å². The van der Waals surface area contributed by atoms with Crippen molar-refractivity contribution in [2.75, 3.05) is 6.61 Å². The van der Waals surface area contributed by atoms with Gasteiger partial charge in [0.2, 0.25) is 0 Å². The number of nitrogens with one attached hydrogen (secondary N) is 1. The molecule has 1 fully saturated rings. The summed E-state index contributed by atoms with van der Waals surface area (Å²) in [6, 6.07) is 1.06. The smallest absolute Gasteiger partial charge is 0.512 e. The lowest BCUT2D eigenvalue weighted by Crippen LogP contribution is -2.36. The maximum absolute atomic E-state index is 11.7. The second-order valence-corrected chi connectivity index (χ2v) is 5.36. The third kappa shape index (κ3) is 3.32. The molecule has 0 radical (unpaired) electrons. The topological polar surface area (TPSA) is 151 Å². The van der Waals surface area contributed by atoms with E-state index < -0.39 is 56.2 Å². The molecule has 0 bridgehead atoms. The third-order valence-corrected chi connectivity index (χ3v) is 3.60. The number of rotatable bonds is 5. The first kappa shape index (κ1) is 16.5. The Morgan fingerprint density at radius 1 is 1.55 bits per heavy atom. The summed E-state index contributed by atoms with van der Waals surface area (Å²) < 4.78 is 21.4. The van der Waals surface area contributed by atoms with Gasteiger partial charge in [-0.3, -0.25) is 14.3 Å². The van der Waals surface area contributed by atoms with E-state index in [9.17, 15) is 24.4 Å². The second-order valence-electron chi connectivity index (χ2n) is 4.62. The summed E-state index contributed by atoms with van der Waals surface area (Å²) >= 11 is 0. The molecule has 0 amide bonds. The van der Waals surface area contributed by atoms with Crippen LogP contribution in [0.15, 0.2) is 34.2 Å². The summed E-state index contributed by atoms with van der Waals surface area (Å²) in [4.78, 5) is 33.4. The molecule has 120 valence electrons. The van der Waals surface area contributed by atoms with E-state index in [1.54, 1.807) is 0 Å². The standard InChI is InChI=1S/C11H13N2O8P/c1-5(14)8-6(4-20-22(18)19)21-10(9(8)16)13-3-2-7(15)12-11(13)17/h2-3,6,8-10,16H,1,4H2,(H2-,12,14,15,17,18,19)/p+1/t6-,8-,9-,10-/m1/s1. The van der Waals surface area contributed by atoms with Gasteiger partial charge in [0, 0.05) is 16.8 Å². The predicted octanol–water partition coefficient (Wildman–Crippen LogP) is -0.851. The fraction of sp³-hybridized carbons (Fsp3) is 0.455. The molecule has 22 heavy (non-hydrogen) atoms. The molecule has 1 aliphatic rings. The van der Waals surface area contributed by atoms with E-state index in [-0.39, 0.29) is 0 Å². The first-order valence-corrected chi connectivity index (χ1v) is 7.26. The quantitative estimate of drug-likeness (QED) is 0.402. The monoisotopic (exact) mass is 333 g/mol. The van der Waals surface area contributed by atoms with Gasteiger partial charge in [-0.15, -0.1) is 9.42 Å². The molecule has 5 atom stereocenters. The maximum Gasteiger partial charge on any atom is 0.694 e. The molecule has 10 nitrogen and oxygen atoms in total. The minimum atomic E-state index is -2.89. The van der Waals surface area contributed by atoms with Crippen LogP contribution in [0, 0.1) is 5.92 Å². The van der Waals surface area contributed by atoms with Crippen LogP contribution in [0.1, 0.15) is 6.23 Å². The van der Waals surface area contributed by atoms with Gasteiger partial charge in [-0.25, -0.2) is 4.79 Å². The van der Waals surface area contributed by atoms with Crippen molar-refractivity contribution in [3.8, 4) is 0 Å². The number of hydrogen-bond acceptors (Lipinski definition) is 7. The Hall–Kier alpha value is -1.84. The van der Waals surface area contributed by atoms with Gasteiger partial charge in [0.05, 0.1) is 11.7 Å². The Kier molecular flexibility index (Phi) is 4.89. The van der Waals surface area contributed by atoms with Crippen LogP contribution in [0.5, 0.6) is 0 Å². The molecule has 11 heteroatoms. The highest BCUT2D eigenvalue weighted by Gasteiger charge is 2.47. The minimum absolute atomic E-state index is 0.401. The second kappa shape index (κ2) is 6.51. The van der Waals surface area contributed by atoms with E-state index in [0.29, 0.717) is 0 Å². The number of ether oxygens (including phenoxy) is 1. The average molecular weight is 333 g/mol. The lowest BCUT2D eigenvalue weighted by atomic mass is 9.97. The normalized spacial score (nSPS) is 28.5. The number of aromatic amines is 1. The molecule has 1 unspecified atom stereocenters. The van der Waals surface area contributed by atoms with Gasteiger partial charge in [-0.1, -0.05) is 6.58 Å². The Bertz CT molecular complexity index is 698. The largest absolute Gasteiger partial charge is 0.694 e. The molecule has 1 aromatic rings. The van der Waals surface area contributed by atoms with Crippen molar-refractivity contribution in [2.24, 2.45) is 5.92 Å². The van der Waals surface area contributed by atoms with Crippen LogP contribution in [0.2, 0.25) is 0 Å². The number of nitrogens with zero attached hydrogens (tertiary/aromatic N) is 1. The Morgan fingerprint density at radius 2 is 2.23 bits per heavy atom. The molecule has 0 aliphatic carbocycles. The molecule has 0 aromatic carbocycles. The van der Waals surface area contributed by atoms with Crippen LogP contribution in [-0.4, -0.2) is 43.5 Å². The molecule has 2 rings (SSSR count). The van der Waals surface area contributed by atoms with Gasteiger partial charge in [0.15, 0.2) is 6.23 Å². The summed E-state index contributed by atoms with van der Waals surface area (Å²) in [5, 5.41) is 19.8. The van der Waals surface area contributed by atoms with Crippen LogP contribution in [-0.2, 0) is 13.8 Å². The van der Waals surface area contributed by atoms with Gasteiger partial charge in [-0.2, -0.15) is 0 Å². The maximum atomic E-state index is 11.7. The van der Waals surface area contributed by atoms with Crippen molar-refractivity contribution in [1.82, 2.24) is 9.55 Å². The fourth-order valence-electron chi connectivity index (χ4n) is 2.29. The van der Waals surface area contributed by atoms with Crippen molar-refractivity contribution >= 4 is 8.25 Å². The Labute approximate surface area is 124 Å². The van der Waals surface area contributed by atoms with E-state index in [2.05, 4.69) is 11.1 Å². The molecule has 0 spiro atoms. The van der Waals surface area contributed by atoms with E-state index in [4.69, 9.17) is 9.63 Å². The summed E-state index contributed by atoms with van der Waals surface area (Å²) in [7, 11) is -2.89. The van der Waals surface area contributed by atoms with Crippen molar-refractivity contribution in [1.29, 1.82) is 0 Å². The molecule has 0 saturated carbocycles. The SMILES string of the molecule is C=C(O)[C@H]1[C@@H](O)[C@H](n2ccc(=O)[nH]c2=O)O[C@@H]1CO[P+](=O)O. The zero-order valence-corrected chi connectivity index (χ0v) is 12.1.